The molecule has 3 aromatic rings. The Balaban J connectivity index is 1.62. The van der Waals surface area contributed by atoms with Crippen molar-refractivity contribution in [2.75, 3.05) is 61.5 Å². The molecule has 3 N–H and O–H groups in total. The van der Waals surface area contributed by atoms with Crippen LogP contribution in [0.5, 0.6) is 0 Å². The predicted molar refractivity (Wildman–Crippen MR) is 144 cm³/mol. The van der Waals surface area contributed by atoms with Crippen LogP contribution in [0.15, 0.2) is 12.4 Å². The normalized spacial score (nSPS) is 19.4. The van der Waals surface area contributed by atoms with Gasteiger partial charge in [-0.3, -0.25) is 9.36 Å². The summed E-state index contributed by atoms with van der Waals surface area (Å²) in [5.74, 6) is 2.35. The van der Waals surface area contributed by atoms with Crippen molar-refractivity contribution in [2.24, 2.45) is 5.92 Å². The summed E-state index contributed by atoms with van der Waals surface area (Å²) in [5, 5.41) is 9.84. The number of ether oxygens (including phenoxy) is 1. The van der Waals surface area contributed by atoms with Gasteiger partial charge in [-0.05, 0) is 19.8 Å². The molecule has 0 saturated carbocycles. The van der Waals surface area contributed by atoms with Gasteiger partial charge in [0.05, 0.1) is 18.8 Å². The van der Waals surface area contributed by atoms with Gasteiger partial charge in [0, 0.05) is 57.7 Å². The van der Waals surface area contributed by atoms with Gasteiger partial charge in [0.15, 0.2) is 22.8 Å². The molecule has 2 atom stereocenters. The van der Waals surface area contributed by atoms with Crippen LogP contribution in [0.1, 0.15) is 27.7 Å². The Morgan fingerprint density at radius 1 is 1.08 bits per heavy atom. The third-order valence-corrected chi connectivity index (χ3v) is 6.90. The summed E-state index contributed by atoms with van der Waals surface area (Å²) in [7, 11) is 0. The van der Waals surface area contributed by atoms with Crippen molar-refractivity contribution in [1.82, 2.24) is 34.4 Å². The number of anilines is 3. The molecule has 0 unspecified atom stereocenters. The lowest BCUT2D eigenvalue weighted by molar-refractivity contribution is -0.141. The van der Waals surface area contributed by atoms with Gasteiger partial charge in [-0.25, -0.2) is 24.9 Å². The second-order valence-electron chi connectivity index (χ2n) is 10.4. The van der Waals surface area contributed by atoms with Gasteiger partial charge >= 0.3 is 0 Å². The summed E-state index contributed by atoms with van der Waals surface area (Å²) >= 11 is 0. The number of hydrogen-bond acceptors (Lipinski definition) is 11. The number of nitrogens with two attached hydrogens (primary N) is 1. The standard InChI is InChI=1S/C25H36N10O3/c1-15(2)13-35-22-19(29-25(35)33-5-6-34(16(3)14-33)23(37)17(4)36)21(32-7-9-38-10-8-32)30-20(31-22)18-11-27-24(26)28-12-18/h11-12,15-17,36H,5-10,13-14H2,1-4H3,(H2,26,27,28)/t16-,17-/m0/s1. The number of carbonyl (C=O) groups is 1. The minimum atomic E-state index is -1.02. The summed E-state index contributed by atoms with van der Waals surface area (Å²) in [6.07, 6.45) is 2.25. The van der Waals surface area contributed by atoms with E-state index in [4.69, 9.17) is 25.4 Å². The zero-order valence-electron chi connectivity index (χ0n) is 22.4. The molecule has 2 aliphatic rings. The number of aromatic nitrogens is 6. The number of aliphatic hydroxyl groups excluding tert-OH is 1. The molecule has 2 fully saturated rings. The minimum absolute atomic E-state index is 0.0783. The molecular formula is C25H36N10O3. The number of imidazole rings is 1. The Hall–Kier alpha value is -3.58. The van der Waals surface area contributed by atoms with Crippen LogP contribution in [0.4, 0.5) is 17.7 Å². The molecule has 1 amide bonds. The van der Waals surface area contributed by atoms with Crippen LogP contribution in [-0.2, 0) is 16.1 Å². The second kappa shape index (κ2) is 10.7. The molecule has 0 bridgehead atoms. The van der Waals surface area contributed by atoms with Gasteiger partial charge in [0.2, 0.25) is 11.9 Å². The van der Waals surface area contributed by atoms with Crippen molar-refractivity contribution in [2.45, 2.75) is 46.4 Å². The zero-order valence-corrected chi connectivity index (χ0v) is 22.4. The predicted octanol–water partition coefficient (Wildman–Crippen LogP) is 0.776. The van der Waals surface area contributed by atoms with Gasteiger partial charge in [0.25, 0.3) is 5.91 Å². The summed E-state index contributed by atoms with van der Waals surface area (Å²) in [6.45, 7) is 12.9. The Bertz CT molecular complexity index is 1290. The van der Waals surface area contributed by atoms with E-state index in [0.717, 1.165) is 22.9 Å². The van der Waals surface area contributed by atoms with E-state index >= 15 is 0 Å². The molecule has 0 spiro atoms. The summed E-state index contributed by atoms with van der Waals surface area (Å²) in [4.78, 5) is 42.0. The van der Waals surface area contributed by atoms with Crippen LogP contribution < -0.4 is 15.5 Å². The lowest BCUT2D eigenvalue weighted by Crippen LogP contribution is -2.56. The highest BCUT2D eigenvalue weighted by Crippen LogP contribution is 2.32. The topological polar surface area (TPSA) is 152 Å². The summed E-state index contributed by atoms with van der Waals surface area (Å²) in [5.41, 5.74) is 7.87. The van der Waals surface area contributed by atoms with Gasteiger partial charge < -0.3 is 30.3 Å². The molecule has 0 radical (unpaired) electrons. The molecule has 204 valence electrons. The maximum absolute atomic E-state index is 12.5. The van der Waals surface area contributed by atoms with E-state index in [2.05, 4.69) is 38.2 Å². The van der Waals surface area contributed by atoms with Gasteiger partial charge in [-0.15, -0.1) is 0 Å². The average molecular weight is 525 g/mol. The first-order chi connectivity index (χ1) is 18.2. The molecule has 13 nitrogen and oxygen atoms in total. The number of carbonyl (C=O) groups excluding carboxylic acids is 1. The highest BCUT2D eigenvalue weighted by molar-refractivity contribution is 5.88. The van der Waals surface area contributed by atoms with Crippen LogP contribution in [0.2, 0.25) is 0 Å². The third kappa shape index (κ3) is 5.07. The van der Waals surface area contributed by atoms with Crippen LogP contribution in [0.3, 0.4) is 0 Å². The molecule has 13 heteroatoms. The fourth-order valence-corrected chi connectivity index (χ4v) is 5.03. The van der Waals surface area contributed by atoms with E-state index in [0.29, 0.717) is 69.8 Å². The van der Waals surface area contributed by atoms with Crippen LogP contribution in [0, 0.1) is 5.92 Å². The first-order valence-electron chi connectivity index (χ1n) is 13.1. The van der Waals surface area contributed by atoms with Gasteiger partial charge in [0.1, 0.15) is 6.10 Å². The number of nitrogens with zero attached hydrogens (tertiary/aromatic N) is 9. The Morgan fingerprint density at radius 3 is 2.42 bits per heavy atom. The van der Waals surface area contributed by atoms with E-state index in [1.165, 1.54) is 6.92 Å². The van der Waals surface area contributed by atoms with E-state index < -0.39 is 6.10 Å². The van der Waals surface area contributed by atoms with E-state index in [-0.39, 0.29) is 17.9 Å². The average Bonchev–Trinajstić information content (AvgIpc) is 3.26. The number of hydrogen-bond donors (Lipinski definition) is 2. The van der Waals surface area contributed by atoms with Crippen LogP contribution in [0.25, 0.3) is 22.6 Å². The highest BCUT2D eigenvalue weighted by atomic mass is 16.5. The summed E-state index contributed by atoms with van der Waals surface area (Å²) in [6, 6.07) is -0.0783. The minimum Gasteiger partial charge on any atom is -0.384 e. The largest absolute Gasteiger partial charge is 0.384 e. The SMILES string of the molecule is CC(C)Cn1c(N2CCN(C(=O)[C@H](C)O)[C@@H](C)C2)nc2c(N3CCOCC3)nc(-c3cnc(N)nc3)nc21. The first kappa shape index (κ1) is 26.0. The zero-order chi connectivity index (χ0) is 27.0. The number of nitrogen functional groups attached to an aromatic ring is 1. The third-order valence-electron chi connectivity index (χ3n) is 6.90. The fourth-order valence-electron chi connectivity index (χ4n) is 5.03. The highest BCUT2D eigenvalue weighted by Gasteiger charge is 2.33. The Morgan fingerprint density at radius 2 is 1.79 bits per heavy atom. The maximum Gasteiger partial charge on any atom is 0.251 e. The number of piperazine rings is 1. The van der Waals surface area contributed by atoms with E-state index in [1.54, 1.807) is 17.3 Å². The quantitative estimate of drug-likeness (QED) is 0.470. The molecule has 5 heterocycles. The van der Waals surface area contributed by atoms with Crippen molar-refractivity contribution in [3.63, 3.8) is 0 Å². The van der Waals surface area contributed by atoms with Crippen molar-refractivity contribution in [1.29, 1.82) is 0 Å². The molecule has 0 aromatic carbocycles. The molecule has 3 aromatic heterocycles. The number of rotatable bonds is 6. The maximum atomic E-state index is 12.5. The first-order valence-corrected chi connectivity index (χ1v) is 13.1. The summed E-state index contributed by atoms with van der Waals surface area (Å²) < 4.78 is 7.75. The van der Waals surface area contributed by atoms with Gasteiger partial charge in [-0.2, -0.15) is 0 Å². The van der Waals surface area contributed by atoms with Crippen molar-refractivity contribution < 1.29 is 14.6 Å². The molecular weight excluding hydrogens is 488 g/mol. The number of fused-ring (bicyclic) bond motifs is 1. The lowest BCUT2D eigenvalue weighted by Gasteiger charge is -2.40. The number of aliphatic hydroxyl groups is 1. The second-order valence-corrected chi connectivity index (χ2v) is 10.4. The molecule has 2 saturated heterocycles. The molecule has 5 rings (SSSR count). The lowest BCUT2D eigenvalue weighted by atomic mass is 10.1. The Labute approximate surface area is 221 Å². The van der Waals surface area contributed by atoms with E-state index in [9.17, 15) is 9.90 Å². The molecule has 2 aliphatic heterocycles. The van der Waals surface area contributed by atoms with Crippen molar-refractivity contribution in [3.8, 4) is 11.4 Å². The van der Waals surface area contributed by atoms with Gasteiger partial charge in [-0.1, -0.05) is 13.8 Å². The monoisotopic (exact) mass is 524 g/mol. The molecule has 38 heavy (non-hydrogen) atoms. The molecule has 0 aliphatic carbocycles. The van der Waals surface area contributed by atoms with Crippen LogP contribution >= 0.6 is 0 Å². The Kier molecular flexibility index (Phi) is 7.30. The van der Waals surface area contributed by atoms with Crippen LogP contribution in [-0.4, -0.2) is 103 Å². The smallest absolute Gasteiger partial charge is 0.251 e. The number of morpholine rings is 1. The van der Waals surface area contributed by atoms with Crippen molar-refractivity contribution >= 4 is 34.8 Å². The van der Waals surface area contributed by atoms with E-state index in [1.807, 2.05) is 6.92 Å². The van der Waals surface area contributed by atoms with Crippen molar-refractivity contribution in [3.05, 3.63) is 12.4 Å². The fraction of sp³-hybridized carbons (Fsp3) is 0.600. The number of amides is 1.